The van der Waals surface area contributed by atoms with Crippen LogP contribution in [0.3, 0.4) is 0 Å². The van der Waals surface area contributed by atoms with Gasteiger partial charge in [0.1, 0.15) is 5.82 Å². The molecule has 7 heteroatoms. The van der Waals surface area contributed by atoms with Gasteiger partial charge in [0.2, 0.25) is 0 Å². The maximum Gasteiger partial charge on any atom is 0.419 e. The minimum atomic E-state index is -4.71. The van der Waals surface area contributed by atoms with E-state index in [1.54, 1.807) is 0 Å². The van der Waals surface area contributed by atoms with Crippen molar-refractivity contribution in [3.8, 4) is 0 Å². The monoisotopic (exact) mass is 225 g/mol. The van der Waals surface area contributed by atoms with Crippen LogP contribution in [0.2, 0.25) is 0 Å². The Labute approximate surface area is 78.2 Å². The van der Waals surface area contributed by atoms with Crippen molar-refractivity contribution in [3.05, 3.63) is 29.6 Å². The molecule has 0 amide bonds. The van der Waals surface area contributed by atoms with E-state index in [9.17, 15) is 22.1 Å². The highest BCUT2D eigenvalue weighted by molar-refractivity contribution is 7.25. The fourth-order valence-electron chi connectivity index (χ4n) is 0.867. The molecule has 1 rings (SSSR count). The summed E-state index contributed by atoms with van der Waals surface area (Å²) in [7, 11) is -0.502. The van der Waals surface area contributed by atoms with Gasteiger partial charge in [-0.1, -0.05) is 0 Å². The summed E-state index contributed by atoms with van der Waals surface area (Å²) < 4.78 is 58.9. The van der Waals surface area contributed by atoms with E-state index in [4.69, 9.17) is 0 Å². The number of hydrogen-bond acceptors (Lipinski definition) is 1. The lowest BCUT2D eigenvalue weighted by Crippen LogP contribution is -2.07. The zero-order valence-electron chi connectivity index (χ0n) is 6.60. The van der Waals surface area contributed by atoms with Crippen LogP contribution in [0.25, 0.3) is 0 Å². The molecule has 1 aromatic rings. The van der Waals surface area contributed by atoms with Crippen molar-refractivity contribution in [1.82, 2.24) is 0 Å². The third-order valence-electron chi connectivity index (χ3n) is 1.45. The van der Waals surface area contributed by atoms with Gasteiger partial charge in [0.15, 0.2) is 0 Å². The van der Waals surface area contributed by atoms with E-state index in [2.05, 4.69) is 5.09 Å². The summed E-state index contributed by atoms with van der Waals surface area (Å²) in [5, 5.41) is 2.14. The van der Waals surface area contributed by atoms with Crippen molar-refractivity contribution >= 4 is 14.3 Å². The van der Waals surface area contributed by atoms with Gasteiger partial charge >= 0.3 is 6.18 Å². The van der Waals surface area contributed by atoms with Gasteiger partial charge in [-0.3, -0.25) is 0 Å². The van der Waals surface area contributed by atoms with Gasteiger partial charge in [0, 0.05) is 5.69 Å². The fraction of sp³-hybridized carbons (Fsp3) is 0.143. The Bertz CT molecular complexity index is 352. The topological polar surface area (TPSA) is 29.1 Å². The Morgan fingerprint density at radius 1 is 1.29 bits per heavy atom. The second-order valence-corrected chi connectivity index (χ2v) is 2.80. The van der Waals surface area contributed by atoms with E-state index >= 15 is 0 Å². The molecular formula is C7H4F4NOP. The Hall–Kier alpha value is -1.16. The van der Waals surface area contributed by atoms with E-state index in [1.165, 1.54) is 0 Å². The van der Waals surface area contributed by atoms with E-state index < -0.39 is 26.2 Å². The van der Waals surface area contributed by atoms with E-state index in [-0.39, 0.29) is 5.69 Å². The fourth-order valence-corrected chi connectivity index (χ4v) is 1.11. The predicted octanol–water partition coefficient (Wildman–Crippen LogP) is 3.46. The molecule has 14 heavy (non-hydrogen) atoms. The SMILES string of the molecule is O=PNc1ccc(C(F)(F)F)c(F)c1. The van der Waals surface area contributed by atoms with Gasteiger partial charge < -0.3 is 5.09 Å². The molecule has 0 aliphatic heterocycles. The van der Waals surface area contributed by atoms with Gasteiger partial charge in [-0.25, -0.2) is 8.96 Å². The van der Waals surface area contributed by atoms with Crippen molar-refractivity contribution in [2.45, 2.75) is 6.18 Å². The second-order valence-electron chi connectivity index (χ2n) is 2.40. The number of hydrogen-bond donors (Lipinski definition) is 1. The van der Waals surface area contributed by atoms with Crippen molar-refractivity contribution < 1.29 is 22.1 Å². The third kappa shape index (κ3) is 2.42. The summed E-state index contributed by atoms with van der Waals surface area (Å²) in [5.41, 5.74) is -1.32. The van der Waals surface area contributed by atoms with Crippen LogP contribution in [0, 0.1) is 5.82 Å². The van der Waals surface area contributed by atoms with Gasteiger partial charge in [-0.15, -0.1) is 0 Å². The Morgan fingerprint density at radius 3 is 2.36 bits per heavy atom. The lowest BCUT2D eigenvalue weighted by atomic mass is 10.2. The minimum Gasteiger partial charge on any atom is -0.305 e. The molecule has 1 N–H and O–H groups in total. The van der Waals surface area contributed by atoms with E-state index in [0.29, 0.717) is 12.1 Å². The highest BCUT2D eigenvalue weighted by atomic mass is 31.1. The first kappa shape index (κ1) is 10.9. The summed E-state index contributed by atoms with van der Waals surface area (Å²) in [5.74, 6) is -1.40. The van der Waals surface area contributed by atoms with Gasteiger partial charge in [-0.05, 0) is 18.2 Å². The van der Waals surface area contributed by atoms with Crippen molar-refractivity contribution in [2.24, 2.45) is 0 Å². The molecule has 0 saturated carbocycles. The zero-order valence-corrected chi connectivity index (χ0v) is 7.49. The van der Waals surface area contributed by atoms with Crippen LogP contribution in [-0.2, 0) is 10.7 Å². The van der Waals surface area contributed by atoms with Gasteiger partial charge in [0.25, 0.3) is 8.61 Å². The second kappa shape index (κ2) is 3.92. The maximum atomic E-state index is 12.8. The highest BCUT2D eigenvalue weighted by Gasteiger charge is 2.33. The number of rotatable bonds is 2. The highest BCUT2D eigenvalue weighted by Crippen LogP contribution is 2.32. The molecular weight excluding hydrogens is 221 g/mol. The average molecular weight is 225 g/mol. The largest absolute Gasteiger partial charge is 0.419 e. The first-order valence-electron chi connectivity index (χ1n) is 3.40. The molecule has 0 atom stereocenters. The summed E-state index contributed by atoms with van der Waals surface area (Å²) in [4.78, 5) is 0. The van der Waals surface area contributed by atoms with Crippen molar-refractivity contribution in [2.75, 3.05) is 5.09 Å². The van der Waals surface area contributed by atoms with Gasteiger partial charge in [-0.2, -0.15) is 13.2 Å². The Morgan fingerprint density at radius 2 is 1.93 bits per heavy atom. The smallest absolute Gasteiger partial charge is 0.305 e. The number of nitrogens with one attached hydrogen (secondary N) is 1. The third-order valence-corrected chi connectivity index (χ3v) is 1.80. The lowest BCUT2D eigenvalue weighted by Gasteiger charge is -2.08. The quantitative estimate of drug-likeness (QED) is 0.616. The number of alkyl halides is 3. The molecule has 0 aliphatic carbocycles. The molecule has 0 aromatic heterocycles. The van der Waals surface area contributed by atoms with Crippen molar-refractivity contribution in [3.63, 3.8) is 0 Å². The predicted molar refractivity (Wildman–Crippen MR) is 42.6 cm³/mol. The summed E-state index contributed by atoms with van der Waals surface area (Å²) in [6.45, 7) is 0. The molecule has 76 valence electrons. The zero-order chi connectivity index (χ0) is 10.8. The summed E-state index contributed by atoms with van der Waals surface area (Å²) in [6, 6.07) is 2.22. The number of benzene rings is 1. The van der Waals surface area contributed by atoms with Crippen LogP contribution in [0.1, 0.15) is 5.56 Å². The van der Waals surface area contributed by atoms with Crippen LogP contribution >= 0.6 is 8.61 Å². The average Bonchev–Trinajstić information content (AvgIpc) is 2.02. The molecule has 0 unspecified atom stereocenters. The molecule has 0 heterocycles. The molecule has 0 spiro atoms. The van der Waals surface area contributed by atoms with Crippen LogP contribution in [0.15, 0.2) is 18.2 Å². The molecule has 2 nitrogen and oxygen atoms in total. The van der Waals surface area contributed by atoms with Gasteiger partial charge in [0.05, 0.1) is 5.56 Å². The molecule has 0 radical (unpaired) electrons. The molecule has 0 bridgehead atoms. The number of anilines is 1. The standard InChI is InChI=1S/C7H4F4NOP/c8-6-3-4(12-14-13)1-2-5(6)7(9,10)11/h1-3H,(H,12,13). The van der Waals surface area contributed by atoms with Crippen LogP contribution in [-0.4, -0.2) is 0 Å². The summed E-state index contributed by atoms with van der Waals surface area (Å²) in [6.07, 6.45) is -4.71. The van der Waals surface area contributed by atoms with Crippen LogP contribution in [0.5, 0.6) is 0 Å². The van der Waals surface area contributed by atoms with Crippen LogP contribution in [0.4, 0.5) is 23.2 Å². The molecule has 0 aliphatic rings. The Kier molecular flexibility index (Phi) is 3.06. The lowest BCUT2D eigenvalue weighted by molar-refractivity contribution is -0.139. The van der Waals surface area contributed by atoms with Crippen molar-refractivity contribution in [1.29, 1.82) is 0 Å². The van der Waals surface area contributed by atoms with E-state index in [1.807, 2.05) is 0 Å². The molecule has 0 saturated heterocycles. The van der Waals surface area contributed by atoms with Crippen LogP contribution < -0.4 is 5.09 Å². The minimum absolute atomic E-state index is 0.0205. The Balaban J connectivity index is 3.07. The number of halogens is 4. The normalized spacial score (nSPS) is 11.7. The first-order chi connectivity index (χ1) is 6.45. The summed E-state index contributed by atoms with van der Waals surface area (Å²) >= 11 is 0. The molecule has 0 fully saturated rings. The molecule has 1 aromatic carbocycles. The first-order valence-corrected chi connectivity index (χ1v) is 4.21. The maximum absolute atomic E-state index is 12.8. The van der Waals surface area contributed by atoms with E-state index in [0.717, 1.165) is 6.07 Å².